The predicted octanol–water partition coefficient (Wildman–Crippen LogP) is 1.52. The molecule has 144 valence electrons. The second-order valence-corrected chi connectivity index (χ2v) is 7.28. The first-order valence-corrected chi connectivity index (χ1v) is 9.82. The second-order valence-electron chi connectivity index (χ2n) is 7.28. The molecule has 2 aliphatic heterocycles. The summed E-state index contributed by atoms with van der Waals surface area (Å²) in [5.74, 6) is 0.227. The Balaban J connectivity index is 1.19. The summed E-state index contributed by atoms with van der Waals surface area (Å²) in [6, 6.07) is 6.07. The fraction of sp³-hybridized carbons (Fsp3) is 0.550. The lowest BCUT2D eigenvalue weighted by Gasteiger charge is -2.32. The van der Waals surface area contributed by atoms with Gasteiger partial charge in [0.2, 0.25) is 5.91 Å². The second kappa shape index (κ2) is 8.63. The summed E-state index contributed by atoms with van der Waals surface area (Å²) >= 11 is 0. The van der Waals surface area contributed by atoms with E-state index in [0.29, 0.717) is 13.0 Å². The number of nitrogens with one attached hydrogen (secondary N) is 1. The van der Waals surface area contributed by atoms with E-state index in [9.17, 15) is 4.79 Å². The van der Waals surface area contributed by atoms with Crippen molar-refractivity contribution in [3.8, 4) is 0 Å². The Bertz CT molecular complexity index is 729. The Morgan fingerprint density at radius 2 is 2.19 bits per heavy atom. The minimum atomic E-state index is 0.224. The minimum Gasteiger partial charge on any atom is -0.373 e. The van der Waals surface area contributed by atoms with Crippen LogP contribution in [0.2, 0.25) is 0 Å². The molecule has 4 rings (SSSR count). The van der Waals surface area contributed by atoms with Crippen molar-refractivity contribution >= 4 is 5.91 Å². The van der Waals surface area contributed by atoms with Crippen LogP contribution in [0.3, 0.4) is 0 Å². The summed E-state index contributed by atoms with van der Waals surface area (Å²) in [7, 11) is 0. The average Bonchev–Trinajstić information content (AvgIpc) is 3.15. The third kappa shape index (κ3) is 4.73. The number of rotatable bonds is 6. The Morgan fingerprint density at radius 1 is 1.30 bits per heavy atom. The highest BCUT2D eigenvalue weighted by Gasteiger charge is 2.23. The zero-order chi connectivity index (χ0) is 18.5. The first-order valence-electron chi connectivity index (χ1n) is 9.82. The lowest BCUT2D eigenvalue weighted by molar-refractivity contribution is -0.134. The zero-order valence-corrected chi connectivity index (χ0v) is 15.6. The molecular weight excluding hydrogens is 342 g/mol. The topological polar surface area (TPSA) is 72.3 Å². The molecule has 0 unspecified atom stereocenters. The van der Waals surface area contributed by atoms with Gasteiger partial charge in [-0.15, -0.1) is 0 Å². The van der Waals surface area contributed by atoms with Crippen molar-refractivity contribution in [2.45, 2.75) is 51.5 Å². The van der Waals surface area contributed by atoms with Crippen molar-refractivity contribution in [3.63, 3.8) is 0 Å². The highest BCUT2D eigenvalue weighted by Crippen LogP contribution is 2.17. The van der Waals surface area contributed by atoms with E-state index in [4.69, 9.17) is 4.74 Å². The van der Waals surface area contributed by atoms with E-state index in [1.807, 2.05) is 23.2 Å². The van der Waals surface area contributed by atoms with Crippen molar-refractivity contribution in [1.29, 1.82) is 0 Å². The Labute approximate surface area is 159 Å². The van der Waals surface area contributed by atoms with Crippen LogP contribution in [-0.2, 0) is 35.6 Å². The SMILES string of the molecule is O=C(CCc1cc2n(n1)CCNC2)N1CCC(OCc2cccnc2)CC1. The first kappa shape index (κ1) is 18.1. The van der Waals surface area contributed by atoms with Crippen molar-refractivity contribution < 1.29 is 9.53 Å². The summed E-state index contributed by atoms with van der Waals surface area (Å²) in [6.07, 6.45) is 6.88. The molecule has 1 fully saturated rings. The largest absolute Gasteiger partial charge is 0.373 e. The molecule has 1 amide bonds. The number of carbonyl (C=O) groups excluding carboxylic acids is 1. The van der Waals surface area contributed by atoms with Gasteiger partial charge in [-0.1, -0.05) is 6.07 Å². The third-order valence-electron chi connectivity index (χ3n) is 5.32. The van der Waals surface area contributed by atoms with Crippen LogP contribution in [-0.4, -0.2) is 51.3 Å². The van der Waals surface area contributed by atoms with Gasteiger partial charge in [0, 0.05) is 51.4 Å². The van der Waals surface area contributed by atoms with Crippen molar-refractivity contribution in [1.82, 2.24) is 25.0 Å². The van der Waals surface area contributed by atoms with Crippen molar-refractivity contribution in [2.24, 2.45) is 0 Å². The lowest BCUT2D eigenvalue weighted by Crippen LogP contribution is -2.41. The number of hydrogen-bond donors (Lipinski definition) is 1. The molecule has 0 bridgehead atoms. The maximum atomic E-state index is 12.5. The maximum Gasteiger partial charge on any atom is 0.222 e. The molecule has 0 spiro atoms. The van der Waals surface area contributed by atoms with Crippen LogP contribution in [0, 0.1) is 0 Å². The van der Waals surface area contributed by atoms with Gasteiger partial charge in [-0.2, -0.15) is 5.10 Å². The molecule has 1 N–H and O–H groups in total. The van der Waals surface area contributed by atoms with E-state index in [-0.39, 0.29) is 12.0 Å². The molecule has 0 saturated carbocycles. The normalized spacial score (nSPS) is 17.7. The summed E-state index contributed by atoms with van der Waals surface area (Å²) in [5, 5.41) is 7.96. The Morgan fingerprint density at radius 3 is 2.96 bits per heavy atom. The van der Waals surface area contributed by atoms with Crippen LogP contribution in [0.4, 0.5) is 0 Å². The highest BCUT2D eigenvalue weighted by atomic mass is 16.5. The number of fused-ring (bicyclic) bond motifs is 1. The number of aromatic nitrogens is 3. The molecule has 0 atom stereocenters. The molecule has 0 radical (unpaired) electrons. The van der Waals surface area contributed by atoms with Gasteiger partial charge in [-0.05, 0) is 30.5 Å². The lowest BCUT2D eigenvalue weighted by atomic mass is 10.1. The fourth-order valence-corrected chi connectivity index (χ4v) is 3.74. The van der Waals surface area contributed by atoms with E-state index < -0.39 is 0 Å². The molecule has 0 aromatic carbocycles. The number of ether oxygens (including phenoxy) is 1. The van der Waals surface area contributed by atoms with Crippen LogP contribution < -0.4 is 5.32 Å². The quantitative estimate of drug-likeness (QED) is 0.836. The molecule has 2 aliphatic rings. The van der Waals surface area contributed by atoms with E-state index in [1.54, 1.807) is 6.20 Å². The van der Waals surface area contributed by atoms with Gasteiger partial charge in [0.05, 0.1) is 30.6 Å². The minimum absolute atomic E-state index is 0.224. The standard InChI is InChI=1S/C20H27N5O2/c26-20(4-3-17-12-18-14-22-8-11-25(18)23-17)24-9-5-19(6-10-24)27-15-16-2-1-7-21-13-16/h1-2,7,12-13,19,22H,3-6,8-11,14-15H2. The number of pyridine rings is 1. The molecule has 7 nitrogen and oxygen atoms in total. The zero-order valence-electron chi connectivity index (χ0n) is 15.6. The smallest absolute Gasteiger partial charge is 0.222 e. The fourth-order valence-electron chi connectivity index (χ4n) is 3.74. The molecule has 7 heteroatoms. The monoisotopic (exact) mass is 369 g/mol. The molecule has 2 aromatic rings. The van der Waals surface area contributed by atoms with Gasteiger partial charge in [-0.3, -0.25) is 14.5 Å². The molecule has 4 heterocycles. The van der Waals surface area contributed by atoms with Crippen LogP contribution in [0.5, 0.6) is 0 Å². The van der Waals surface area contributed by atoms with Crippen molar-refractivity contribution in [3.05, 3.63) is 47.5 Å². The van der Waals surface area contributed by atoms with Gasteiger partial charge in [-0.25, -0.2) is 0 Å². The molecule has 27 heavy (non-hydrogen) atoms. The number of likely N-dealkylation sites (tertiary alicyclic amines) is 1. The maximum absolute atomic E-state index is 12.5. The number of aryl methyl sites for hydroxylation is 1. The van der Waals surface area contributed by atoms with Gasteiger partial charge in [0.25, 0.3) is 0 Å². The summed E-state index contributed by atoms with van der Waals surface area (Å²) in [4.78, 5) is 18.6. The first-order chi connectivity index (χ1) is 13.3. The number of piperidine rings is 1. The van der Waals surface area contributed by atoms with Crippen LogP contribution in [0.1, 0.15) is 36.2 Å². The van der Waals surface area contributed by atoms with E-state index in [0.717, 1.165) is 63.2 Å². The van der Waals surface area contributed by atoms with Gasteiger partial charge in [0.15, 0.2) is 0 Å². The van der Waals surface area contributed by atoms with Crippen LogP contribution in [0.25, 0.3) is 0 Å². The summed E-state index contributed by atoms with van der Waals surface area (Å²) in [5.41, 5.74) is 3.33. The van der Waals surface area contributed by atoms with E-state index >= 15 is 0 Å². The van der Waals surface area contributed by atoms with Crippen LogP contribution in [0.15, 0.2) is 30.6 Å². The summed E-state index contributed by atoms with van der Waals surface area (Å²) in [6.45, 7) is 4.89. The van der Waals surface area contributed by atoms with Gasteiger partial charge in [0.1, 0.15) is 0 Å². The Kier molecular flexibility index (Phi) is 5.79. The average molecular weight is 369 g/mol. The van der Waals surface area contributed by atoms with E-state index in [1.165, 1.54) is 5.69 Å². The number of nitrogens with zero attached hydrogens (tertiary/aromatic N) is 4. The number of carbonyl (C=O) groups is 1. The predicted molar refractivity (Wildman–Crippen MR) is 101 cm³/mol. The molecular formula is C20H27N5O2. The van der Waals surface area contributed by atoms with Gasteiger partial charge >= 0.3 is 0 Å². The third-order valence-corrected chi connectivity index (χ3v) is 5.32. The van der Waals surface area contributed by atoms with Crippen molar-refractivity contribution in [2.75, 3.05) is 19.6 Å². The number of amides is 1. The van der Waals surface area contributed by atoms with Gasteiger partial charge < -0.3 is 15.0 Å². The Hall–Kier alpha value is -2.25. The summed E-state index contributed by atoms with van der Waals surface area (Å²) < 4.78 is 8.03. The number of hydrogen-bond acceptors (Lipinski definition) is 5. The highest BCUT2D eigenvalue weighted by molar-refractivity contribution is 5.76. The van der Waals surface area contributed by atoms with Crippen LogP contribution >= 0.6 is 0 Å². The molecule has 1 saturated heterocycles. The van der Waals surface area contributed by atoms with E-state index in [2.05, 4.69) is 26.1 Å². The molecule has 2 aromatic heterocycles. The molecule has 0 aliphatic carbocycles.